The molecule has 1 aromatic rings. The topological polar surface area (TPSA) is 96.3 Å². The van der Waals surface area contributed by atoms with Crippen molar-refractivity contribution in [2.24, 2.45) is 0 Å². The number of carboxylic acid groups (broad SMARTS) is 2. The van der Waals surface area contributed by atoms with Gasteiger partial charge in [0.25, 0.3) is 0 Å². The highest BCUT2D eigenvalue weighted by Crippen LogP contribution is 2.25. The summed E-state index contributed by atoms with van der Waals surface area (Å²) >= 11 is 0. The average Bonchev–Trinajstić information content (AvgIpc) is 3.30. The smallest absolute Gasteiger partial charge is 0.303 e. The molecule has 0 radical (unpaired) electrons. The molecule has 0 bridgehead atoms. The molecule has 0 aromatic heterocycles. The van der Waals surface area contributed by atoms with Gasteiger partial charge in [0.2, 0.25) is 0 Å². The number of unbranched alkanes of at least 4 members (excludes halogenated alkanes) is 24. The fraction of sp³-hybridized carbons (Fsp3) is 0.724. The third kappa shape index (κ3) is 39.6. The fourth-order valence-corrected chi connectivity index (χ4v) is 8.66. The van der Waals surface area contributed by atoms with E-state index < -0.39 is 11.9 Å². The van der Waals surface area contributed by atoms with Gasteiger partial charge in [-0.15, -0.1) is 0 Å². The first-order valence-corrected chi connectivity index (χ1v) is 27.2. The fourth-order valence-electron chi connectivity index (χ4n) is 8.66. The molecule has 7 nitrogen and oxygen atoms in total. The van der Waals surface area contributed by atoms with Crippen LogP contribution in [0.2, 0.25) is 0 Å². The Balaban J connectivity index is 1.50. The van der Waals surface area contributed by atoms with Crippen LogP contribution in [0.1, 0.15) is 237 Å². The van der Waals surface area contributed by atoms with Crippen molar-refractivity contribution in [3.05, 3.63) is 72.4 Å². The van der Waals surface area contributed by atoms with Crippen LogP contribution in [0.5, 0.6) is 11.5 Å². The molecule has 1 aliphatic heterocycles. The molecule has 0 atom stereocenters. The Morgan fingerprint density at radius 1 is 0.431 bits per heavy atom. The van der Waals surface area contributed by atoms with E-state index in [0.29, 0.717) is 12.8 Å². The molecule has 1 heterocycles. The molecule has 1 aliphatic rings. The van der Waals surface area contributed by atoms with Crippen LogP contribution in [0.25, 0.3) is 0 Å². The molecule has 2 N–H and O–H groups in total. The lowest BCUT2D eigenvalue weighted by atomic mass is 10.1. The highest BCUT2D eigenvalue weighted by atomic mass is 16.5. The third-order valence-corrected chi connectivity index (χ3v) is 12.6. The van der Waals surface area contributed by atoms with Gasteiger partial charge in [-0.25, -0.2) is 0 Å². The van der Waals surface area contributed by atoms with E-state index in [-0.39, 0.29) is 0 Å². The maximum absolute atomic E-state index is 10.6. The van der Waals surface area contributed by atoms with Gasteiger partial charge in [-0.1, -0.05) is 158 Å². The van der Waals surface area contributed by atoms with Crippen molar-refractivity contribution in [1.29, 1.82) is 0 Å². The van der Waals surface area contributed by atoms with Gasteiger partial charge in [0.15, 0.2) is 0 Å². The van der Waals surface area contributed by atoms with E-state index in [1.165, 1.54) is 166 Å². The zero-order valence-electron chi connectivity index (χ0n) is 41.5. The van der Waals surface area contributed by atoms with Crippen LogP contribution in [0, 0.1) is 0 Å². The predicted molar refractivity (Wildman–Crippen MR) is 276 cm³/mol. The normalized spacial score (nSPS) is 13.6. The molecule has 7 heteroatoms. The van der Waals surface area contributed by atoms with Gasteiger partial charge in [-0.2, -0.15) is 0 Å². The van der Waals surface area contributed by atoms with E-state index in [1.54, 1.807) is 0 Å². The standard InChI is InChI=1S/C58H97NO6/c60-57(61)44-36-31-27-23-19-15-11-7-3-1-5-9-13-17-21-25-29-33-40-49-64-55-51-54(43-42-48-59-46-38-35-39-47-59)52-56(53-55)65-50-41-34-30-26-22-18-14-10-6-2-4-8-12-16-20-24-28-32-37-45-58(62)63/h1-2,5-8,11-12,51-53H,3-4,9-10,13-50H2,(H,60,61)(H,62,63)/b5-1-,6-2-,11-7-,12-8-. The molecule has 1 saturated heterocycles. The Labute approximate surface area is 399 Å². The number of aryl methyl sites for hydroxylation is 1. The number of hydrogen-bond acceptors (Lipinski definition) is 5. The number of carbonyl (C=O) groups is 2. The summed E-state index contributed by atoms with van der Waals surface area (Å²) in [6.45, 7) is 5.27. The van der Waals surface area contributed by atoms with Gasteiger partial charge in [0.1, 0.15) is 11.5 Å². The number of hydrogen-bond donors (Lipinski definition) is 2. The van der Waals surface area contributed by atoms with Crippen LogP contribution in [-0.2, 0) is 16.0 Å². The van der Waals surface area contributed by atoms with Crippen LogP contribution >= 0.6 is 0 Å². The van der Waals surface area contributed by atoms with Crippen LogP contribution in [-0.4, -0.2) is 59.9 Å². The lowest BCUT2D eigenvalue weighted by Crippen LogP contribution is -2.30. The Morgan fingerprint density at radius 2 is 0.785 bits per heavy atom. The van der Waals surface area contributed by atoms with Crippen LogP contribution in [0.3, 0.4) is 0 Å². The first-order valence-electron chi connectivity index (χ1n) is 27.2. The second-order valence-electron chi connectivity index (χ2n) is 18.8. The summed E-state index contributed by atoms with van der Waals surface area (Å²) < 4.78 is 12.7. The van der Waals surface area contributed by atoms with Gasteiger partial charge in [0, 0.05) is 18.9 Å². The van der Waals surface area contributed by atoms with Crippen LogP contribution in [0.15, 0.2) is 66.8 Å². The largest absolute Gasteiger partial charge is 0.493 e. The number of piperidine rings is 1. The van der Waals surface area contributed by atoms with Crippen LogP contribution in [0.4, 0.5) is 0 Å². The quantitative estimate of drug-likeness (QED) is 0.0497. The monoisotopic (exact) mass is 904 g/mol. The SMILES string of the molecule is O=C(O)CCCCCCC/C=C\C/C=C\CCCCCCCCCOc1cc(CCCN2CCCCC2)cc(OCCCCCCCCC/C=C\C/C=C\CCCCCCCC(=O)O)c1. The molecule has 0 unspecified atom stereocenters. The highest BCUT2D eigenvalue weighted by molar-refractivity contribution is 5.66. The first-order chi connectivity index (χ1) is 32.0. The number of aliphatic carboxylic acids is 2. The second kappa shape index (κ2) is 44.5. The van der Waals surface area contributed by atoms with E-state index in [1.807, 2.05) is 0 Å². The van der Waals surface area contributed by atoms with E-state index in [9.17, 15) is 9.59 Å². The number of rotatable bonds is 46. The van der Waals surface area contributed by atoms with Crippen molar-refractivity contribution in [2.75, 3.05) is 32.8 Å². The number of likely N-dealkylation sites (tertiary alicyclic amines) is 1. The number of allylic oxidation sites excluding steroid dienone is 8. The Hall–Kier alpha value is -3.32. The van der Waals surface area contributed by atoms with Crippen molar-refractivity contribution in [3.8, 4) is 11.5 Å². The third-order valence-electron chi connectivity index (χ3n) is 12.6. The zero-order chi connectivity index (χ0) is 46.4. The minimum absolute atomic E-state index is 0.309. The Bertz CT molecular complexity index is 1290. The predicted octanol–water partition coefficient (Wildman–Crippen LogP) is 16.7. The molecule has 0 aliphatic carbocycles. The Morgan fingerprint density at radius 3 is 1.17 bits per heavy atom. The summed E-state index contributed by atoms with van der Waals surface area (Å²) in [7, 11) is 0. The Kier molecular flexibility index (Phi) is 39.6. The summed E-state index contributed by atoms with van der Waals surface area (Å²) in [5.41, 5.74) is 1.34. The van der Waals surface area contributed by atoms with Crippen molar-refractivity contribution in [1.82, 2.24) is 4.90 Å². The molecule has 0 spiro atoms. The van der Waals surface area contributed by atoms with E-state index in [0.717, 1.165) is 108 Å². The number of carboxylic acids is 2. The lowest BCUT2D eigenvalue weighted by Gasteiger charge is -2.26. The molecule has 370 valence electrons. The maximum atomic E-state index is 10.6. The van der Waals surface area contributed by atoms with Crippen molar-refractivity contribution in [3.63, 3.8) is 0 Å². The summed E-state index contributed by atoms with van der Waals surface area (Å²) in [4.78, 5) is 23.8. The zero-order valence-corrected chi connectivity index (χ0v) is 41.5. The molecule has 2 rings (SSSR count). The van der Waals surface area contributed by atoms with Crippen LogP contribution < -0.4 is 9.47 Å². The van der Waals surface area contributed by atoms with Gasteiger partial charge in [-0.3, -0.25) is 9.59 Å². The van der Waals surface area contributed by atoms with E-state index in [2.05, 4.69) is 71.7 Å². The van der Waals surface area contributed by atoms with Gasteiger partial charge < -0.3 is 24.6 Å². The summed E-state index contributed by atoms with van der Waals surface area (Å²) in [5.74, 6) is 0.595. The molecule has 0 saturated carbocycles. The molecule has 0 amide bonds. The first kappa shape index (κ1) is 57.8. The van der Waals surface area contributed by atoms with Gasteiger partial charge in [-0.05, 0) is 153 Å². The molecule has 1 aromatic carbocycles. The molecule has 65 heavy (non-hydrogen) atoms. The van der Waals surface area contributed by atoms with E-state index >= 15 is 0 Å². The van der Waals surface area contributed by atoms with Crippen molar-refractivity contribution < 1.29 is 29.3 Å². The summed E-state index contributed by atoms with van der Waals surface area (Å²) in [6.07, 6.45) is 60.7. The molecular formula is C58H97NO6. The lowest BCUT2D eigenvalue weighted by molar-refractivity contribution is -0.138. The van der Waals surface area contributed by atoms with Gasteiger partial charge in [0.05, 0.1) is 13.2 Å². The van der Waals surface area contributed by atoms with Crippen molar-refractivity contribution >= 4 is 11.9 Å². The minimum atomic E-state index is -0.676. The van der Waals surface area contributed by atoms with E-state index in [4.69, 9.17) is 19.7 Å². The summed E-state index contributed by atoms with van der Waals surface area (Å²) in [6, 6.07) is 6.65. The van der Waals surface area contributed by atoms with Crippen molar-refractivity contribution in [2.45, 2.75) is 238 Å². The highest BCUT2D eigenvalue weighted by Gasteiger charge is 2.10. The molecular weight excluding hydrogens is 807 g/mol. The van der Waals surface area contributed by atoms with Gasteiger partial charge >= 0.3 is 11.9 Å². The maximum Gasteiger partial charge on any atom is 0.303 e. The number of nitrogens with zero attached hydrogens (tertiary/aromatic N) is 1. The number of ether oxygens (including phenoxy) is 2. The minimum Gasteiger partial charge on any atom is -0.493 e. The second-order valence-corrected chi connectivity index (χ2v) is 18.8. The average molecular weight is 904 g/mol. The number of benzene rings is 1. The molecule has 1 fully saturated rings. The summed E-state index contributed by atoms with van der Waals surface area (Å²) in [5, 5.41) is 17.4.